The van der Waals surface area contributed by atoms with Crippen LogP contribution in [0.15, 0.2) is 12.2 Å². The van der Waals surface area contributed by atoms with Crippen molar-refractivity contribution >= 4 is 33.8 Å². The summed E-state index contributed by atoms with van der Waals surface area (Å²) in [4.78, 5) is 0. The summed E-state index contributed by atoms with van der Waals surface area (Å²) < 4.78 is 20.1. The lowest BCUT2D eigenvalue weighted by Gasteiger charge is -2.43. The SMILES string of the molecule is C=C(CCCCO)CCCC[Si](O[Si](C)(C)C)(O[Si](C)(C)C)O[Si](C)(C)C. The molecule has 0 aliphatic carbocycles. The standard InChI is InChI=1S/C19H46O4Si4/c1-19(15-11-13-17-20)16-12-14-18-27(21-24(2,3)4,22-25(5,6)7)23-26(8,9)10/h20H,1,11-18H2,2-10H3. The topological polar surface area (TPSA) is 47.9 Å². The number of rotatable bonds is 15. The minimum Gasteiger partial charge on any atom is -0.417 e. The summed E-state index contributed by atoms with van der Waals surface area (Å²) in [5.74, 6) is 0. The van der Waals surface area contributed by atoms with E-state index in [9.17, 15) is 0 Å². The highest BCUT2D eigenvalue weighted by molar-refractivity contribution is 6.90. The maximum Gasteiger partial charge on any atom is 0.469 e. The van der Waals surface area contributed by atoms with Gasteiger partial charge < -0.3 is 17.5 Å². The van der Waals surface area contributed by atoms with E-state index in [0.717, 1.165) is 44.6 Å². The molecular formula is C19H46O4Si4. The number of aliphatic hydroxyl groups is 1. The van der Waals surface area contributed by atoms with Crippen LogP contribution >= 0.6 is 0 Å². The molecule has 0 fully saturated rings. The first-order chi connectivity index (χ1) is 12.1. The predicted molar refractivity (Wildman–Crippen MR) is 128 cm³/mol. The fraction of sp³-hybridized carbons (Fsp3) is 0.895. The quantitative estimate of drug-likeness (QED) is 0.179. The van der Waals surface area contributed by atoms with Crippen LogP contribution in [0.2, 0.25) is 65.0 Å². The molecule has 0 atom stereocenters. The summed E-state index contributed by atoms with van der Waals surface area (Å²) in [6.45, 7) is 24.6. The summed E-state index contributed by atoms with van der Waals surface area (Å²) in [6, 6.07) is 0.912. The van der Waals surface area contributed by atoms with Crippen molar-refractivity contribution < 1.29 is 17.5 Å². The van der Waals surface area contributed by atoms with Gasteiger partial charge in [-0.3, -0.25) is 0 Å². The van der Waals surface area contributed by atoms with Crippen LogP contribution in [-0.2, 0) is 12.3 Å². The summed E-state index contributed by atoms with van der Waals surface area (Å²) in [7, 11) is -8.03. The molecule has 0 spiro atoms. The van der Waals surface area contributed by atoms with Crippen LogP contribution in [0.4, 0.5) is 0 Å². The Hall–Kier alpha value is 0.448. The highest BCUT2D eigenvalue weighted by Gasteiger charge is 2.49. The molecule has 8 heteroatoms. The van der Waals surface area contributed by atoms with E-state index < -0.39 is 33.8 Å². The molecule has 0 bridgehead atoms. The Bertz CT molecular complexity index is 396. The van der Waals surface area contributed by atoms with Gasteiger partial charge >= 0.3 is 8.80 Å². The lowest BCUT2D eigenvalue weighted by Crippen LogP contribution is -2.60. The molecule has 0 aliphatic rings. The monoisotopic (exact) mass is 450 g/mol. The van der Waals surface area contributed by atoms with Crippen LogP contribution in [0.25, 0.3) is 0 Å². The lowest BCUT2D eigenvalue weighted by molar-refractivity contribution is 0.250. The van der Waals surface area contributed by atoms with Gasteiger partial charge in [0.25, 0.3) is 0 Å². The van der Waals surface area contributed by atoms with Crippen molar-refractivity contribution in [3.05, 3.63) is 12.2 Å². The Labute approximate surface area is 173 Å². The molecule has 1 N–H and O–H groups in total. The summed E-state index contributed by atoms with van der Waals surface area (Å²) in [5, 5.41) is 8.90. The van der Waals surface area contributed by atoms with Gasteiger partial charge in [0.05, 0.1) is 0 Å². The molecular weight excluding hydrogens is 405 g/mol. The average molecular weight is 451 g/mol. The smallest absolute Gasteiger partial charge is 0.417 e. The minimum atomic E-state index is -2.68. The van der Waals surface area contributed by atoms with Crippen LogP contribution in [0.1, 0.15) is 38.5 Å². The highest BCUT2D eigenvalue weighted by Crippen LogP contribution is 2.31. The van der Waals surface area contributed by atoms with Crippen molar-refractivity contribution in [3.63, 3.8) is 0 Å². The first-order valence-corrected chi connectivity index (χ1v) is 22.6. The van der Waals surface area contributed by atoms with E-state index in [1.165, 1.54) is 5.57 Å². The molecule has 0 heterocycles. The van der Waals surface area contributed by atoms with Gasteiger partial charge in [0.2, 0.25) is 0 Å². The number of unbranched alkanes of at least 4 members (excludes halogenated alkanes) is 2. The number of hydrogen-bond donors (Lipinski definition) is 1. The van der Waals surface area contributed by atoms with E-state index in [-0.39, 0.29) is 6.61 Å². The molecule has 0 aromatic carbocycles. The van der Waals surface area contributed by atoms with E-state index in [4.69, 9.17) is 17.5 Å². The van der Waals surface area contributed by atoms with Gasteiger partial charge in [0.15, 0.2) is 25.0 Å². The van der Waals surface area contributed by atoms with Crippen molar-refractivity contribution in [2.75, 3.05) is 6.61 Å². The maximum atomic E-state index is 8.90. The summed E-state index contributed by atoms with van der Waals surface area (Å²) >= 11 is 0. The van der Waals surface area contributed by atoms with Gasteiger partial charge in [-0.25, -0.2) is 0 Å². The number of aliphatic hydroxyl groups excluding tert-OH is 1. The Morgan fingerprint density at radius 3 is 1.37 bits per heavy atom. The van der Waals surface area contributed by atoms with E-state index in [2.05, 4.69) is 65.5 Å². The van der Waals surface area contributed by atoms with Crippen LogP contribution in [0.3, 0.4) is 0 Å². The molecule has 0 saturated heterocycles. The van der Waals surface area contributed by atoms with Gasteiger partial charge in [0, 0.05) is 12.7 Å². The molecule has 0 amide bonds. The second kappa shape index (κ2) is 11.6. The van der Waals surface area contributed by atoms with Crippen LogP contribution < -0.4 is 0 Å². The Morgan fingerprint density at radius 1 is 0.667 bits per heavy atom. The van der Waals surface area contributed by atoms with E-state index in [0.29, 0.717) is 0 Å². The Morgan fingerprint density at radius 2 is 1.04 bits per heavy atom. The lowest BCUT2D eigenvalue weighted by atomic mass is 10.0. The zero-order valence-corrected chi connectivity index (χ0v) is 23.5. The molecule has 0 aromatic rings. The second-order valence-corrected chi connectivity index (χ2v) is 27.5. The molecule has 0 rings (SSSR count). The number of hydrogen-bond acceptors (Lipinski definition) is 4. The fourth-order valence-electron chi connectivity index (χ4n) is 2.94. The maximum absolute atomic E-state index is 8.90. The fourth-order valence-corrected chi connectivity index (χ4v) is 17.7. The molecule has 0 aromatic heterocycles. The van der Waals surface area contributed by atoms with Crippen molar-refractivity contribution in [3.8, 4) is 0 Å². The average Bonchev–Trinajstić information content (AvgIpc) is 2.38. The second-order valence-electron chi connectivity index (χ2n) is 10.5. The molecule has 0 unspecified atom stereocenters. The number of allylic oxidation sites excluding steroid dienone is 1. The first kappa shape index (κ1) is 27.4. The highest BCUT2D eigenvalue weighted by atomic mass is 28.5. The third-order valence-corrected chi connectivity index (χ3v) is 15.6. The Kier molecular flexibility index (Phi) is 11.8. The summed E-state index contributed by atoms with van der Waals surface area (Å²) in [6.07, 6.45) is 6.13. The minimum absolute atomic E-state index is 0.275. The van der Waals surface area contributed by atoms with Crippen LogP contribution in [0.5, 0.6) is 0 Å². The van der Waals surface area contributed by atoms with Crippen molar-refractivity contribution in [1.29, 1.82) is 0 Å². The molecule has 162 valence electrons. The third kappa shape index (κ3) is 16.0. The zero-order chi connectivity index (χ0) is 21.4. The largest absolute Gasteiger partial charge is 0.469 e. The van der Waals surface area contributed by atoms with E-state index in [1.54, 1.807) is 0 Å². The first-order valence-electron chi connectivity index (χ1n) is 10.5. The van der Waals surface area contributed by atoms with Crippen molar-refractivity contribution in [1.82, 2.24) is 0 Å². The normalized spacial score (nSPS) is 13.9. The van der Waals surface area contributed by atoms with Gasteiger partial charge in [-0.2, -0.15) is 0 Å². The molecule has 0 radical (unpaired) electrons. The molecule has 4 nitrogen and oxygen atoms in total. The molecule has 0 saturated carbocycles. The van der Waals surface area contributed by atoms with E-state index >= 15 is 0 Å². The van der Waals surface area contributed by atoms with Crippen LogP contribution in [-0.4, -0.2) is 45.5 Å². The third-order valence-electron chi connectivity index (χ3n) is 3.59. The van der Waals surface area contributed by atoms with Gasteiger partial charge in [-0.05, 0) is 97.4 Å². The predicted octanol–water partition coefficient (Wildman–Crippen LogP) is 6.37. The van der Waals surface area contributed by atoms with Gasteiger partial charge in [0.1, 0.15) is 0 Å². The summed E-state index contributed by atoms with van der Waals surface area (Å²) in [5.41, 5.74) is 1.29. The zero-order valence-electron chi connectivity index (χ0n) is 19.5. The van der Waals surface area contributed by atoms with Gasteiger partial charge in [-0.15, -0.1) is 0 Å². The molecule has 0 aliphatic heterocycles. The van der Waals surface area contributed by atoms with Crippen LogP contribution in [0, 0.1) is 0 Å². The van der Waals surface area contributed by atoms with Crippen molar-refractivity contribution in [2.45, 2.75) is 103 Å². The Balaban J connectivity index is 5.02. The van der Waals surface area contributed by atoms with Crippen molar-refractivity contribution in [2.24, 2.45) is 0 Å². The molecule has 27 heavy (non-hydrogen) atoms. The van der Waals surface area contributed by atoms with Gasteiger partial charge in [-0.1, -0.05) is 12.2 Å². The van der Waals surface area contributed by atoms with E-state index in [1.807, 2.05) is 0 Å².